The lowest BCUT2D eigenvalue weighted by atomic mass is 9.90. The molecule has 0 aliphatic carbocycles. The second-order valence-electron chi connectivity index (χ2n) is 5.87. The molecule has 1 saturated heterocycles. The Hall–Kier alpha value is -0.340. The fraction of sp³-hybridized carbons (Fsp3) is 0.625. The lowest BCUT2D eigenvalue weighted by Gasteiger charge is -2.33. The number of hydrogen-bond donors (Lipinski definition) is 0. The Bertz CT molecular complexity index is 358. The van der Waals surface area contributed by atoms with Crippen LogP contribution in [0.1, 0.15) is 44.6 Å². The number of halogens is 1. The van der Waals surface area contributed by atoms with Crippen LogP contribution in [0.25, 0.3) is 0 Å². The first kappa shape index (κ1) is 14.1. The number of benzene rings is 1. The highest BCUT2D eigenvalue weighted by Crippen LogP contribution is 2.28. The Labute approximate surface area is 120 Å². The van der Waals surface area contributed by atoms with Gasteiger partial charge in [-0.05, 0) is 61.9 Å². The van der Waals surface area contributed by atoms with Gasteiger partial charge < -0.3 is 4.90 Å². The van der Waals surface area contributed by atoms with E-state index in [1.165, 1.54) is 48.9 Å². The molecule has 18 heavy (non-hydrogen) atoms. The molecule has 0 aromatic heterocycles. The van der Waals surface area contributed by atoms with Crippen molar-refractivity contribution in [3.05, 3.63) is 34.3 Å². The average molecular weight is 310 g/mol. The zero-order chi connectivity index (χ0) is 13.0. The van der Waals surface area contributed by atoms with E-state index >= 15 is 0 Å². The summed E-state index contributed by atoms with van der Waals surface area (Å²) in [4.78, 5) is 2.65. The third kappa shape index (κ3) is 4.10. The van der Waals surface area contributed by atoms with E-state index in [0.717, 1.165) is 11.8 Å². The molecule has 1 aromatic carbocycles. The van der Waals surface area contributed by atoms with Crippen molar-refractivity contribution in [3.63, 3.8) is 0 Å². The molecule has 0 radical (unpaired) electrons. The summed E-state index contributed by atoms with van der Waals surface area (Å²) in [6, 6.07) is 8.90. The number of rotatable bonds is 4. The lowest BCUT2D eigenvalue weighted by Crippen LogP contribution is -2.35. The van der Waals surface area contributed by atoms with Crippen molar-refractivity contribution in [2.45, 2.75) is 39.0 Å². The smallest absolute Gasteiger partial charge is 0.0175 e. The molecule has 0 spiro atoms. The van der Waals surface area contributed by atoms with Gasteiger partial charge in [-0.3, -0.25) is 0 Å². The van der Waals surface area contributed by atoms with Crippen LogP contribution < -0.4 is 0 Å². The minimum atomic E-state index is 0.735. The van der Waals surface area contributed by atoms with Crippen LogP contribution in [0.3, 0.4) is 0 Å². The number of piperidine rings is 1. The maximum absolute atomic E-state index is 3.51. The summed E-state index contributed by atoms with van der Waals surface area (Å²) >= 11 is 3.51. The fourth-order valence-electron chi connectivity index (χ4n) is 2.71. The Morgan fingerprint density at radius 1 is 1.28 bits per heavy atom. The van der Waals surface area contributed by atoms with Gasteiger partial charge in [0.25, 0.3) is 0 Å². The summed E-state index contributed by atoms with van der Waals surface area (Å²) in [6.45, 7) is 8.44. The van der Waals surface area contributed by atoms with E-state index < -0.39 is 0 Å². The number of nitrogens with zero attached hydrogens (tertiary/aromatic N) is 1. The van der Waals surface area contributed by atoms with E-state index in [1.807, 2.05) is 0 Å². The number of hydrogen-bond acceptors (Lipinski definition) is 1. The Kier molecular flexibility index (Phi) is 5.25. The van der Waals surface area contributed by atoms with Crippen LogP contribution in [0.5, 0.6) is 0 Å². The minimum absolute atomic E-state index is 0.735. The quantitative estimate of drug-likeness (QED) is 0.781. The first-order chi connectivity index (χ1) is 8.65. The summed E-state index contributed by atoms with van der Waals surface area (Å²) in [6.07, 6.45) is 4.02. The lowest BCUT2D eigenvalue weighted by molar-refractivity contribution is 0.198. The predicted molar refractivity (Wildman–Crippen MR) is 82.0 cm³/mol. The van der Waals surface area contributed by atoms with Gasteiger partial charge in [-0.1, -0.05) is 41.9 Å². The van der Waals surface area contributed by atoms with Gasteiger partial charge in [0.1, 0.15) is 0 Å². The molecule has 1 heterocycles. The second-order valence-corrected chi connectivity index (χ2v) is 6.79. The molecule has 2 rings (SSSR count). The average Bonchev–Trinajstić information content (AvgIpc) is 2.37. The molecule has 0 amide bonds. The van der Waals surface area contributed by atoms with Crippen LogP contribution in [0.15, 0.2) is 28.7 Å². The highest BCUT2D eigenvalue weighted by Gasteiger charge is 2.20. The zero-order valence-electron chi connectivity index (χ0n) is 11.5. The number of likely N-dealkylation sites (tertiary alicyclic amines) is 1. The molecule has 100 valence electrons. The summed E-state index contributed by atoms with van der Waals surface area (Å²) in [5, 5.41) is 0. The van der Waals surface area contributed by atoms with Crippen molar-refractivity contribution in [1.82, 2.24) is 4.90 Å². The van der Waals surface area contributed by atoms with Crippen molar-refractivity contribution in [2.24, 2.45) is 5.92 Å². The molecular weight excluding hydrogens is 286 g/mol. The van der Waals surface area contributed by atoms with E-state index in [-0.39, 0.29) is 0 Å². The van der Waals surface area contributed by atoms with E-state index in [4.69, 9.17) is 0 Å². The van der Waals surface area contributed by atoms with Gasteiger partial charge in [0, 0.05) is 11.0 Å². The van der Waals surface area contributed by atoms with Gasteiger partial charge in [0.15, 0.2) is 0 Å². The normalized spacial score (nSPS) is 21.4. The molecule has 0 bridgehead atoms. The summed E-state index contributed by atoms with van der Waals surface area (Å²) in [5.41, 5.74) is 1.51. The third-order valence-corrected chi connectivity index (χ3v) is 4.40. The van der Waals surface area contributed by atoms with E-state index in [1.54, 1.807) is 0 Å². The Morgan fingerprint density at radius 3 is 2.67 bits per heavy atom. The predicted octanol–water partition coefficient (Wildman–Crippen LogP) is 4.67. The highest BCUT2D eigenvalue weighted by molar-refractivity contribution is 9.10. The van der Waals surface area contributed by atoms with Crippen LogP contribution in [0, 0.1) is 5.92 Å². The molecule has 1 fully saturated rings. The van der Waals surface area contributed by atoms with Crippen molar-refractivity contribution in [2.75, 3.05) is 19.6 Å². The fourth-order valence-corrected chi connectivity index (χ4v) is 2.97. The summed E-state index contributed by atoms with van der Waals surface area (Å²) in [7, 11) is 0. The zero-order valence-corrected chi connectivity index (χ0v) is 13.1. The van der Waals surface area contributed by atoms with Gasteiger partial charge in [-0.2, -0.15) is 0 Å². The van der Waals surface area contributed by atoms with Crippen molar-refractivity contribution in [3.8, 4) is 0 Å². The maximum atomic E-state index is 3.51. The van der Waals surface area contributed by atoms with Crippen LogP contribution in [-0.2, 0) is 0 Å². The van der Waals surface area contributed by atoms with Gasteiger partial charge in [-0.15, -0.1) is 0 Å². The first-order valence-electron chi connectivity index (χ1n) is 7.13. The highest BCUT2D eigenvalue weighted by atomic mass is 79.9. The van der Waals surface area contributed by atoms with Gasteiger partial charge in [-0.25, -0.2) is 0 Å². The van der Waals surface area contributed by atoms with Crippen molar-refractivity contribution >= 4 is 15.9 Å². The van der Waals surface area contributed by atoms with Crippen molar-refractivity contribution in [1.29, 1.82) is 0 Å². The Balaban J connectivity index is 1.91. The van der Waals surface area contributed by atoms with E-state index in [2.05, 4.69) is 58.9 Å². The van der Waals surface area contributed by atoms with Crippen molar-refractivity contribution < 1.29 is 0 Å². The molecule has 1 unspecified atom stereocenters. The van der Waals surface area contributed by atoms with E-state index in [0.29, 0.717) is 0 Å². The summed E-state index contributed by atoms with van der Waals surface area (Å²) < 4.78 is 1.18. The molecule has 1 atom stereocenters. The van der Waals surface area contributed by atoms with Crippen LogP contribution in [-0.4, -0.2) is 24.5 Å². The molecule has 0 N–H and O–H groups in total. The molecule has 0 saturated carbocycles. The van der Waals surface area contributed by atoms with Crippen LogP contribution in [0.2, 0.25) is 0 Å². The third-order valence-electron chi connectivity index (χ3n) is 3.87. The molecule has 1 aromatic rings. The Morgan fingerprint density at radius 2 is 2.00 bits per heavy atom. The molecule has 2 heteroatoms. The minimum Gasteiger partial charge on any atom is -0.303 e. The van der Waals surface area contributed by atoms with Gasteiger partial charge in [0.05, 0.1) is 0 Å². The van der Waals surface area contributed by atoms with Crippen LogP contribution in [0.4, 0.5) is 0 Å². The maximum Gasteiger partial charge on any atom is 0.0175 e. The topological polar surface area (TPSA) is 3.24 Å². The monoisotopic (exact) mass is 309 g/mol. The van der Waals surface area contributed by atoms with E-state index in [9.17, 15) is 0 Å². The van der Waals surface area contributed by atoms with Gasteiger partial charge in [0.2, 0.25) is 0 Å². The molecular formula is C16H24BrN. The van der Waals surface area contributed by atoms with Crippen LogP contribution >= 0.6 is 15.9 Å². The molecule has 1 aliphatic rings. The molecule has 1 nitrogen and oxygen atoms in total. The SMILES string of the molecule is CC(C)CCN1CCCC(c2ccc(Br)cc2)C1. The van der Waals surface area contributed by atoms with Gasteiger partial charge >= 0.3 is 0 Å². The standard InChI is InChI=1S/C16H24BrN/c1-13(2)9-11-18-10-3-4-15(12-18)14-5-7-16(17)8-6-14/h5-8,13,15H,3-4,9-12H2,1-2H3. The summed E-state index contributed by atoms with van der Waals surface area (Å²) in [5.74, 6) is 1.55. The largest absolute Gasteiger partial charge is 0.303 e. The first-order valence-corrected chi connectivity index (χ1v) is 7.92. The molecule has 1 aliphatic heterocycles. The second kappa shape index (κ2) is 6.72.